The van der Waals surface area contributed by atoms with E-state index in [9.17, 15) is 21.6 Å². The molecule has 12 heteroatoms. The Labute approximate surface area is 206 Å². The molecule has 0 bridgehead atoms. The lowest BCUT2D eigenvalue weighted by molar-refractivity contribution is -0.141. The topological polar surface area (TPSA) is 77.3 Å². The van der Waals surface area contributed by atoms with E-state index in [2.05, 4.69) is 4.98 Å². The molecule has 35 heavy (non-hydrogen) atoms. The summed E-state index contributed by atoms with van der Waals surface area (Å²) in [5.74, 6) is 0.366. The minimum Gasteiger partial charge on any atom is -0.376 e. The number of imidazole rings is 1. The first-order valence-corrected chi connectivity index (χ1v) is 13.8. The lowest BCUT2D eigenvalue weighted by Crippen LogP contribution is -2.30. The maximum atomic E-state index is 13.0. The summed E-state index contributed by atoms with van der Waals surface area (Å²) >= 11 is 1.37. The van der Waals surface area contributed by atoms with Crippen LogP contribution in [0.3, 0.4) is 0 Å². The first-order chi connectivity index (χ1) is 16.6. The van der Waals surface area contributed by atoms with Crippen LogP contribution in [0.1, 0.15) is 37.9 Å². The Hall–Kier alpha value is -2.15. The van der Waals surface area contributed by atoms with Gasteiger partial charge in [-0.3, -0.25) is 4.98 Å². The van der Waals surface area contributed by atoms with Crippen LogP contribution in [-0.4, -0.2) is 53.1 Å². The number of sulfonamides is 1. The van der Waals surface area contributed by atoms with Crippen LogP contribution in [0, 0.1) is 0 Å². The fraction of sp³-hybridized carbons (Fsp3) is 0.478. The molecule has 3 aromatic rings. The molecule has 0 N–H and O–H groups in total. The molecule has 3 heterocycles. The number of halogens is 3. The van der Waals surface area contributed by atoms with E-state index in [-0.39, 0.29) is 11.0 Å². The Morgan fingerprint density at radius 3 is 2.57 bits per heavy atom. The number of hydrogen-bond acceptors (Lipinski definition) is 6. The Balaban J connectivity index is 1.65. The molecule has 1 aromatic carbocycles. The number of fused-ring (bicyclic) bond motifs is 1. The van der Waals surface area contributed by atoms with Gasteiger partial charge in [-0.25, -0.2) is 13.4 Å². The Morgan fingerprint density at radius 2 is 1.97 bits per heavy atom. The van der Waals surface area contributed by atoms with Gasteiger partial charge in [-0.05, 0) is 42.7 Å². The molecule has 1 saturated heterocycles. The van der Waals surface area contributed by atoms with Gasteiger partial charge in [0.05, 0.1) is 28.6 Å². The quantitative estimate of drug-likeness (QED) is 0.366. The molecule has 4 rings (SSSR count). The molecule has 1 atom stereocenters. The second-order valence-corrected chi connectivity index (χ2v) is 11.1. The largest absolute Gasteiger partial charge is 0.433 e. The van der Waals surface area contributed by atoms with Gasteiger partial charge in [0.2, 0.25) is 10.0 Å². The lowest BCUT2D eigenvalue weighted by atomic mass is 10.2. The molecule has 7 nitrogen and oxygen atoms in total. The van der Waals surface area contributed by atoms with E-state index in [1.165, 1.54) is 28.3 Å². The zero-order chi connectivity index (χ0) is 25.2. The Bertz CT molecular complexity index is 1270. The minimum atomic E-state index is -4.48. The number of ether oxygens (including phenoxy) is 1. The van der Waals surface area contributed by atoms with Crippen LogP contribution >= 0.6 is 11.8 Å². The van der Waals surface area contributed by atoms with Crippen molar-refractivity contribution in [3.05, 3.63) is 47.8 Å². The number of alkyl halides is 3. The molecule has 0 saturated carbocycles. The third kappa shape index (κ3) is 5.65. The molecule has 0 spiro atoms. The summed E-state index contributed by atoms with van der Waals surface area (Å²) in [5, 5.41) is 0.646. The predicted molar refractivity (Wildman–Crippen MR) is 128 cm³/mol. The van der Waals surface area contributed by atoms with Crippen molar-refractivity contribution in [2.75, 3.05) is 19.7 Å². The molecule has 1 aliphatic rings. The predicted octanol–water partition coefficient (Wildman–Crippen LogP) is 4.95. The molecule has 0 unspecified atom stereocenters. The number of hydrogen-bond donors (Lipinski definition) is 0. The van der Waals surface area contributed by atoms with E-state index in [1.807, 2.05) is 4.57 Å². The van der Waals surface area contributed by atoms with Gasteiger partial charge in [0.1, 0.15) is 5.69 Å². The van der Waals surface area contributed by atoms with Gasteiger partial charge >= 0.3 is 6.18 Å². The molecular formula is C23H27F3N4O3S2. The summed E-state index contributed by atoms with van der Waals surface area (Å²) in [6.07, 6.45) is -1.34. The number of pyridine rings is 1. The van der Waals surface area contributed by atoms with Gasteiger partial charge in [-0.1, -0.05) is 31.7 Å². The zero-order valence-electron chi connectivity index (χ0n) is 19.5. The van der Waals surface area contributed by atoms with Crippen molar-refractivity contribution in [3.8, 4) is 0 Å². The minimum absolute atomic E-state index is 0.0265. The SMILES string of the molecule is CCN(CC)S(=O)(=O)c1ccc2c(c1)nc(SCc1ccc(C(F)(F)F)nc1)n2C[C@H]1CCCO1. The van der Waals surface area contributed by atoms with Gasteiger partial charge < -0.3 is 9.30 Å². The van der Waals surface area contributed by atoms with Crippen molar-refractivity contribution in [3.63, 3.8) is 0 Å². The first-order valence-electron chi connectivity index (χ1n) is 11.4. The van der Waals surface area contributed by atoms with Crippen LogP contribution in [0.2, 0.25) is 0 Å². The third-order valence-corrected chi connectivity index (χ3v) is 9.01. The smallest absolute Gasteiger partial charge is 0.376 e. The highest BCUT2D eigenvalue weighted by atomic mass is 32.2. The maximum Gasteiger partial charge on any atom is 0.433 e. The van der Waals surface area contributed by atoms with Crippen LogP contribution in [0.5, 0.6) is 0 Å². The van der Waals surface area contributed by atoms with Gasteiger partial charge in [0, 0.05) is 31.6 Å². The average Bonchev–Trinajstić information content (AvgIpc) is 3.46. The maximum absolute atomic E-state index is 13.0. The number of thioether (sulfide) groups is 1. The van der Waals surface area contributed by atoms with E-state index in [1.54, 1.807) is 32.0 Å². The second kappa shape index (κ2) is 10.5. The van der Waals surface area contributed by atoms with E-state index in [4.69, 9.17) is 9.72 Å². The number of aromatic nitrogens is 3. The number of rotatable bonds is 9. The standard InChI is InChI=1S/C23H27F3N4O3S2/c1-3-29(4-2)35(31,32)18-8-9-20-19(12-18)28-22(30(20)14-17-6-5-11-33-17)34-15-16-7-10-21(27-13-16)23(24,25)26/h7-10,12-13,17H,3-6,11,14-15H2,1-2H3/t17-/m1/s1. The number of benzene rings is 1. The van der Waals surface area contributed by atoms with Crippen molar-refractivity contribution >= 4 is 32.8 Å². The summed E-state index contributed by atoms with van der Waals surface area (Å²) < 4.78 is 73.6. The monoisotopic (exact) mass is 528 g/mol. The Morgan fingerprint density at radius 1 is 1.20 bits per heavy atom. The third-order valence-electron chi connectivity index (χ3n) is 5.92. The normalized spacial score (nSPS) is 17.0. The zero-order valence-corrected chi connectivity index (χ0v) is 21.1. The Kier molecular flexibility index (Phi) is 7.74. The summed E-state index contributed by atoms with van der Waals surface area (Å²) in [5.41, 5.74) is 1.03. The van der Waals surface area contributed by atoms with Gasteiger partial charge in [-0.15, -0.1) is 0 Å². The van der Waals surface area contributed by atoms with Crippen molar-refractivity contribution in [1.29, 1.82) is 0 Å². The van der Waals surface area contributed by atoms with Crippen molar-refractivity contribution < 1.29 is 26.3 Å². The van der Waals surface area contributed by atoms with Crippen molar-refractivity contribution in [2.24, 2.45) is 0 Å². The molecule has 0 amide bonds. The highest BCUT2D eigenvalue weighted by Gasteiger charge is 2.32. The van der Waals surface area contributed by atoms with Crippen LogP contribution in [0.25, 0.3) is 11.0 Å². The van der Waals surface area contributed by atoms with Gasteiger partial charge in [0.15, 0.2) is 5.16 Å². The first kappa shape index (κ1) is 25.9. The fourth-order valence-electron chi connectivity index (χ4n) is 4.06. The molecule has 190 valence electrons. The summed E-state index contributed by atoms with van der Waals surface area (Å²) in [6, 6.07) is 7.31. The van der Waals surface area contributed by atoms with E-state index >= 15 is 0 Å². The lowest BCUT2D eigenvalue weighted by Gasteiger charge is -2.18. The van der Waals surface area contributed by atoms with Crippen molar-refractivity contribution in [2.45, 2.75) is 61.3 Å². The molecule has 1 fully saturated rings. The van der Waals surface area contributed by atoms with Crippen LogP contribution in [0.15, 0.2) is 46.6 Å². The highest BCUT2D eigenvalue weighted by molar-refractivity contribution is 7.98. The van der Waals surface area contributed by atoms with Gasteiger partial charge in [-0.2, -0.15) is 17.5 Å². The van der Waals surface area contributed by atoms with E-state index < -0.39 is 21.9 Å². The van der Waals surface area contributed by atoms with Crippen LogP contribution in [0.4, 0.5) is 13.2 Å². The summed E-state index contributed by atoms with van der Waals surface area (Å²) in [6.45, 7) is 5.58. The van der Waals surface area contributed by atoms with Crippen molar-refractivity contribution in [1.82, 2.24) is 18.8 Å². The molecular weight excluding hydrogens is 501 g/mol. The molecule has 1 aliphatic heterocycles. The van der Waals surface area contributed by atoms with E-state index in [0.29, 0.717) is 48.2 Å². The summed E-state index contributed by atoms with van der Waals surface area (Å²) in [7, 11) is -3.64. The van der Waals surface area contributed by atoms with Crippen LogP contribution < -0.4 is 0 Å². The average molecular weight is 529 g/mol. The molecule has 2 aromatic heterocycles. The molecule has 0 aliphatic carbocycles. The number of nitrogens with zero attached hydrogens (tertiary/aromatic N) is 4. The van der Waals surface area contributed by atoms with Gasteiger partial charge in [0.25, 0.3) is 0 Å². The fourth-order valence-corrected chi connectivity index (χ4v) is 6.50. The molecule has 0 radical (unpaired) electrons. The highest BCUT2D eigenvalue weighted by Crippen LogP contribution is 2.32. The van der Waals surface area contributed by atoms with Crippen LogP contribution in [-0.2, 0) is 33.2 Å². The second-order valence-electron chi connectivity index (χ2n) is 8.22. The van der Waals surface area contributed by atoms with E-state index in [0.717, 1.165) is 24.4 Å². The summed E-state index contributed by atoms with van der Waals surface area (Å²) in [4.78, 5) is 8.40.